The first-order valence-corrected chi connectivity index (χ1v) is 11.9. The number of nitrogens with one attached hydrogen (secondary N) is 1. The number of halogens is 2. The number of ether oxygens (including phenoxy) is 2. The van der Waals surface area contributed by atoms with Crippen LogP contribution in [0, 0.1) is 11.2 Å². The molecular weight excluding hydrogens is 456 g/mol. The summed E-state index contributed by atoms with van der Waals surface area (Å²) in [7, 11) is 1.51. The Kier molecular flexibility index (Phi) is 5.32. The molecule has 3 aromatic heterocycles. The molecule has 2 fully saturated rings. The number of aromatic nitrogens is 6. The predicted octanol–water partition coefficient (Wildman–Crippen LogP) is 4.19. The van der Waals surface area contributed by atoms with E-state index in [1.807, 2.05) is 0 Å². The van der Waals surface area contributed by atoms with Crippen molar-refractivity contribution in [2.24, 2.45) is 5.41 Å². The van der Waals surface area contributed by atoms with E-state index < -0.39 is 18.5 Å². The first-order valence-electron chi connectivity index (χ1n) is 11.9. The minimum atomic E-state index is -0.584. The van der Waals surface area contributed by atoms with Gasteiger partial charge in [-0.15, -0.1) is 10.2 Å². The molecule has 184 valence electrons. The average molecular weight is 484 g/mol. The molecule has 1 aromatic carbocycles. The fourth-order valence-corrected chi connectivity index (χ4v) is 5.22. The van der Waals surface area contributed by atoms with E-state index in [1.54, 1.807) is 25.1 Å². The molecule has 4 heterocycles. The summed E-state index contributed by atoms with van der Waals surface area (Å²) < 4.78 is 42.6. The van der Waals surface area contributed by atoms with Gasteiger partial charge in [-0.2, -0.15) is 4.98 Å². The lowest BCUT2D eigenvalue weighted by atomic mass is 9.71. The van der Waals surface area contributed by atoms with Crippen LogP contribution >= 0.6 is 0 Å². The molecule has 1 spiro atoms. The van der Waals surface area contributed by atoms with Gasteiger partial charge in [0.2, 0.25) is 11.8 Å². The Balaban J connectivity index is 1.35. The topological polar surface area (TPSA) is 91.4 Å². The second kappa shape index (κ2) is 8.40. The zero-order chi connectivity index (χ0) is 24.2. The Morgan fingerprint density at radius 2 is 2.09 bits per heavy atom. The van der Waals surface area contributed by atoms with Gasteiger partial charge in [0.25, 0.3) is 0 Å². The first kappa shape index (κ1) is 22.1. The molecule has 11 heteroatoms. The fraction of sp³-hybridized carbons (Fsp3) is 0.500. The monoisotopic (exact) mass is 483 g/mol. The van der Waals surface area contributed by atoms with E-state index in [-0.39, 0.29) is 11.9 Å². The second-order valence-electron chi connectivity index (χ2n) is 9.74. The maximum atomic E-state index is 15.3. The van der Waals surface area contributed by atoms with Gasteiger partial charge in [0.05, 0.1) is 43.6 Å². The standard InChI is InChI=1S/C24H27F2N7O2/c1-14(10-25)33-19-9-15(3-4-18(19)29-31-33)20-17(26)11-32-21(20)22(34-2)28-23(30-32)27-16-5-7-24(8-6-16)12-35-13-24/h3-4,9,11,14,16H,5-8,10,12-13H2,1-2H3,(H,27,30)/t14-/m0/s1. The SMILES string of the molecule is COc1nc(NC2CCC3(CC2)COC3)nn2cc(F)c(-c3ccc4nnn([C@@H](C)CF)c4c3)c12. The minimum Gasteiger partial charge on any atom is -0.479 e. The Labute approximate surface area is 200 Å². The quantitative estimate of drug-likeness (QED) is 0.440. The third-order valence-corrected chi connectivity index (χ3v) is 7.34. The highest BCUT2D eigenvalue weighted by molar-refractivity contribution is 5.89. The van der Waals surface area contributed by atoms with Crippen LogP contribution < -0.4 is 10.1 Å². The normalized spacial score (nSPS) is 18.7. The molecule has 1 aliphatic carbocycles. The van der Waals surface area contributed by atoms with Crippen molar-refractivity contribution in [2.45, 2.75) is 44.7 Å². The fourth-order valence-electron chi connectivity index (χ4n) is 5.22. The van der Waals surface area contributed by atoms with Crippen LogP contribution in [0.25, 0.3) is 27.7 Å². The lowest BCUT2D eigenvalue weighted by Crippen LogP contribution is -2.47. The summed E-state index contributed by atoms with van der Waals surface area (Å²) in [6.45, 7) is 2.85. The van der Waals surface area contributed by atoms with E-state index in [9.17, 15) is 4.39 Å². The van der Waals surface area contributed by atoms with Crippen molar-refractivity contribution in [3.63, 3.8) is 0 Å². The highest BCUT2D eigenvalue weighted by atomic mass is 19.1. The number of methoxy groups -OCH3 is 1. The van der Waals surface area contributed by atoms with Crippen LogP contribution in [0.2, 0.25) is 0 Å². The minimum absolute atomic E-state index is 0.246. The summed E-state index contributed by atoms with van der Waals surface area (Å²) >= 11 is 0. The molecule has 1 saturated heterocycles. The molecule has 1 saturated carbocycles. The maximum absolute atomic E-state index is 15.3. The van der Waals surface area contributed by atoms with Crippen molar-refractivity contribution in [1.29, 1.82) is 0 Å². The van der Waals surface area contributed by atoms with E-state index in [4.69, 9.17) is 9.47 Å². The van der Waals surface area contributed by atoms with Crippen LogP contribution in [0.3, 0.4) is 0 Å². The number of hydrogen-bond donors (Lipinski definition) is 1. The van der Waals surface area contributed by atoms with Crippen LogP contribution in [0.5, 0.6) is 5.88 Å². The third-order valence-electron chi connectivity index (χ3n) is 7.34. The van der Waals surface area contributed by atoms with E-state index in [1.165, 1.54) is 22.5 Å². The van der Waals surface area contributed by atoms with Gasteiger partial charge in [0, 0.05) is 11.5 Å². The Morgan fingerprint density at radius 3 is 2.77 bits per heavy atom. The summed E-state index contributed by atoms with van der Waals surface area (Å²) in [5.41, 5.74) is 2.89. The Morgan fingerprint density at radius 1 is 1.29 bits per heavy atom. The molecular formula is C24H27F2N7O2. The number of benzene rings is 1. The summed E-state index contributed by atoms with van der Waals surface area (Å²) in [6, 6.07) is 5.02. The Bertz CT molecular complexity index is 1390. The molecule has 2 aliphatic rings. The maximum Gasteiger partial charge on any atom is 0.244 e. The summed E-state index contributed by atoms with van der Waals surface area (Å²) in [4.78, 5) is 4.56. The van der Waals surface area contributed by atoms with E-state index in [0.29, 0.717) is 39.0 Å². The predicted molar refractivity (Wildman–Crippen MR) is 126 cm³/mol. The molecule has 0 radical (unpaired) electrons. The summed E-state index contributed by atoms with van der Waals surface area (Å²) in [5.74, 6) is 0.206. The zero-order valence-electron chi connectivity index (χ0n) is 19.7. The van der Waals surface area contributed by atoms with Crippen molar-refractivity contribution in [1.82, 2.24) is 29.6 Å². The van der Waals surface area contributed by atoms with Crippen molar-refractivity contribution in [3.05, 3.63) is 30.2 Å². The van der Waals surface area contributed by atoms with Crippen LogP contribution in [-0.2, 0) is 4.74 Å². The molecule has 4 aromatic rings. The smallest absolute Gasteiger partial charge is 0.244 e. The second-order valence-corrected chi connectivity index (χ2v) is 9.74. The average Bonchev–Trinajstić information content (AvgIpc) is 3.42. The van der Waals surface area contributed by atoms with Gasteiger partial charge in [-0.3, -0.25) is 0 Å². The molecule has 0 unspecified atom stereocenters. The molecule has 35 heavy (non-hydrogen) atoms. The van der Waals surface area contributed by atoms with E-state index >= 15 is 4.39 Å². The van der Waals surface area contributed by atoms with Gasteiger partial charge in [-0.05, 0) is 50.3 Å². The number of alkyl halides is 1. The van der Waals surface area contributed by atoms with E-state index in [2.05, 4.69) is 25.7 Å². The van der Waals surface area contributed by atoms with Crippen LogP contribution in [0.15, 0.2) is 24.4 Å². The number of hydrogen-bond acceptors (Lipinski definition) is 7. The van der Waals surface area contributed by atoms with Gasteiger partial charge in [0.1, 0.15) is 17.7 Å². The molecule has 1 N–H and O–H groups in total. The third kappa shape index (κ3) is 3.69. The summed E-state index contributed by atoms with van der Waals surface area (Å²) in [5, 5.41) is 16.1. The van der Waals surface area contributed by atoms with Gasteiger partial charge < -0.3 is 14.8 Å². The van der Waals surface area contributed by atoms with Crippen molar-refractivity contribution >= 4 is 22.5 Å². The van der Waals surface area contributed by atoms with Crippen molar-refractivity contribution in [3.8, 4) is 17.0 Å². The molecule has 1 aliphatic heterocycles. The highest BCUT2D eigenvalue weighted by Gasteiger charge is 2.41. The molecule has 1 atom stereocenters. The number of rotatable bonds is 6. The zero-order valence-corrected chi connectivity index (χ0v) is 19.7. The Hall–Kier alpha value is -3.34. The molecule has 9 nitrogen and oxygen atoms in total. The highest BCUT2D eigenvalue weighted by Crippen LogP contribution is 2.43. The van der Waals surface area contributed by atoms with Crippen LogP contribution in [0.1, 0.15) is 38.6 Å². The van der Waals surface area contributed by atoms with Crippen molar-refractivity contribution < 1.29 is 18.3 Å². The van der Waals surface area contributed by atoms with Gasteiger partial charge in [-0.25, -0.2) is 18.0 Å². The van der Waals surface area contributed by atoms with Crippen LogP contribution in [0.4, 0.5) is 14.7 Å². The van der Waals surface area contributed by atoms with Crippen LogP contribution in [-0.4, -0.2) is 62.6 Å². The molecule has 0 bridgehead atoms. The summed E-state index contributed by atoms with van der Waals surface area (Å²) in [6.07, 6.45) is 5.57. The lowest BCUT2D eigenvalue weighted by molar-refractivity contribution is -0.131. The molecule has 6 rings (SSSR count). The molecule has 0 amide bonds. The first-order chi connectivity index (χ1) is 17.0. The largest absolute Gasteiger partial charge is 0.479 e. The van der Waals surface area contributed by atoms with Gasteiger partial charge in [-0.1, -0.05) is 11.3 Å². The number of nitrogens with zero attached hydrogens (tertiary/aromatic N) is 6. The van der Waals surface area contributed by atoms with Gasteiger partial charge >= 0.3 is 0 Å². The lowest BCUT2D eigenvalue weighted by Gasteiger charge is -2.46. The number of anilines is 1. The van der Waals surface area contributed by atoms with E-state index in [0.717, 1.165) is 38.9 Å². The number of fused-ring (bicyclic) bond motifs is 2. The van der Waals surface area contributed by atoms with Crippen molar-refractivity contribution in [2.75, 3.05) is 32.3 Å². The van der Waals surface area contributed by atoms with Gasteiger partial charge in [0.15, 0.2) is 5.82 Å².